The number of halogens is 1. The molecule has 0 saturated heterocycles. The van der Waals surface area contributed by atoms with E-state index in [4.69, 9.17) is 0 Å². The Morgan fingerprint density at radius 3 is 2.58 bits per heavy atom. The normalized spacial score (nSPS) is 10.6. The minimum Gasteiger partial charge on any atom is -0.319 e. The molecule has 0 radical (unpaired) electrons. The average Bonchev–Trinajstić information content (AvgIpc) is 2.59. The van der Waals surface area contributed by atoms with E-state index in [-0.39, 0.29) is 5.91 Å². The SMILES string of the molecule is Cc1ccc(Br)cc1C(=O)Nc1c(C)nn(C)c1C. The second-order valence-electron chi connectivity index (χ2n) is 4.58. The zero-order chi connectivity index (χ0) is 14.2. The van der Waals surface area contributed by atoms with Crippen molar-refractivity contribution in [1.82, 2.24) is 9.78 Å². The highest BCUT2D eigenvalue weighted by atomic mass is 79.9. The van der Waals surface area contributed by atoms with Crippen molar-refractivity contribution in [2.45, 2.75) is 20.8 Å². The quantitative estimate of drug-likeness (QED) is 0.921. The summed E-state index contributed by atoms with van der Waals surface area (Å²) in [6.07, 6.45) is 0. The molecule has 0 aliphatic rings. The maximum atomic E-state index is 12.3. The molecular formula is C14H16BrN3O. The van der Waals surface area contributed by atoms with Gasteiger partial charge in [-0.25, -0.2) is 0 Å². The number of anilines is 1. The molecule has 0 atom stereocenters. The fourth-order valence-electron chi connectivity index (χ4n) is 1.97. The van der Waals surface area contributed by atoms with Gasteiger partial charge in [0.1, 0.15) is 0 Å². The fourth-order valence-corrected chi connectivity index (χ4v) is 2.34. The van der Waals surface area contributed by atoms with Gasteiger partial charge >= 0.3 is 0 Å². The van der Waals surface area contributed by atoms with E-state index in [9.17, 15) is 4.79 Å². The van der Waals surface area contributed by atoms with Gasteiger partial charge in [0.05, 0.1) is 17.1 Å². The number of carbonyl (C=O) groups is 1. The van der Waals surface area contributed by atoms with Crippen molar-refractivity contribution < 1.29 is 4.79 Å². The molecule has 100 valence electrons. The summed E-state index contributed by atoms with van der Waals surface area (Å²) in [7, 11) is 1.86. The van der Waals surface area contributed by atoms with Gasteiger partial charge in [-0.2, -0.15) is 5.10 Å². The number of hydrogen-bond acceptors (Lipinski definition) is 2. The molecule has 1 N–H and O–H groups in total. The van der Waals surface area contributed by atoms with Crippen LogP contribution in [0, 0.1) is 20.8 Å². The highest BCUT2D eigenvalue weighted by molar-refractivity contribution is 9.10. The molecule has 4 nitrogen and oxygen atoms in total. The monoisotopic (exact) mass is 321 g/mol. The minimum atomic E-state index is -0.113. The molecule has 1 aromatic carbocycles. The van der Waals surface area contributed by atoms with Gasteiger partial charge in [0, 0.05) is 17.1 Å². The van der Waals surface area contributed by atoms with Crippen LogP contribution in [0.2, 0.25) is 0 Å². The van der Waals surface area contributed by atoms with Crippen LogP contribution in [0.15, 0.2) is 22.7 Å². The van der Waals surface area contributed by atoms with Crippen LogP contribution in [0.4, 0.5) is 5.69 Å². The van der Waals surface area contributed by atoms with Gasteiger partial charge in [0.15, 0.2) is 0 Å². The molecule has 1 heterocycles. The van der Waals surface area contributed by atoms with Gasteiger partial charge < -0.3 is 5.32 Å². The van der Waals surface area contributed by atoms with E-state index in [1.54, 1.807) is 4.68 Å². The highest BCUT2D eigenvalue weighted by Crippen LogP contribution is 2.21. The van der Waals surface area contributed by atoms with Crippen LogP contribution in [-0.2, 0) is 7.05 Å². The molecule has 1 amide bonds. The summed E-state index contributed by atoms with van der Waals surface area (Å²) in [4.78, 5) is 12.3. The number of amides is 1. The van der Waals surface area contributed by atoms with Crippen molar-refractivity contribution in [3.8, 4) is 0 Å². The summed E-state index contributed by atoms with van der Waals surface area (Å²) in [6.45, 7) is 5.74. The molecule has 2 aromatic rings. The highest BCUT2D eigenvalue weighted by Gasteiger charge is 2.15. The van der Waals surface area contributed by atoms with Crippen molar-refractivity contribution in [2.75, 3.05) is 5.32 Å². The van der Waals surface area contributed by atoms with E-state index in [1.165, 1.54) is 0 Å². The Kier molecular flexibility index (Phi) is 3.75. The van der Waals surface area contributed by atoms with Crippen molar-refractivity contribution in [3.05, 3.63) is 45.2 Å². The second kappa shape index (κ2) is 5.17. The Morgan fingerprint density at radius 2 is 2.00 bits per heavy atom. The van der Waals surface area contributed by atoms with Crippen molar-refractivity contribution >= 4 is 27.5 Å². The van der Waals surface area contributed by atoms with Crippen LogP contribution in [0.1, 0.15) is 27.3 Å². The second-order valence-corrected chi connectivity index (χ2v) is 5.50. The van der Waals surface area contributed by atoms with E-state index < -0.39 is 0 Å². The predicted molar refractivity (Wildman–Crippen MR) is 79.5 cm³/mol. The molecular weight excluding hydrogens is 306 g/mol. The molecule has 0 aliphatic heterocycles. The third-order valence-corrected chi connectivity index (χ3v) is 3.69. The Bertz CT molecular complexity index is 646. The van der Waals surface area contributed by atoms with E-state index >= 15 is 0 Å². The van der Waals surface area contributed by atoms with Crippen molar-refractivity contribution in [3.63, 3.8) is 0 Å². The molecule has 0 bridgehead atoms. The Balaban J connectivity index is 2.33. The number of aromatic nitrogens is 2. The van der Waals surface area contributed by atoms with Crippen molar-refractivity contribution in [1.29, 1.82) is 0 Å². The number of carbonyl (C=O) groups excluding carboxylic acids is 1. The lowest BCUT2D eigenvalue weighted by Gasteiger charge is -2.08. The Labute approximate surface area is 120 Å². The number of nitrogens with one attached hydrogen (secondary N) is 1. The molecule has 5 heteroatoms. The largest absolute Gasteiger partial charge is 0.319 e. The Morgan fingerprint density at radius 1 is 1.32 bits per heavy atom. The van der Waals surface area contributed by atoms with Gasteiger partial charge in [0.2, 0.25) is 0 Å². The van der Waals surface area contributed by atoms with E-state index in [1.807, 2.05) is 46.0 Å². The van der Waals surface area contributed by atoms with Crippen LogP contribution in [0.5, 0.6) is 0 Å². The molecule has 0 fully saturated rings. The summed E-state index contributed by atoms with van der Waals surface area (Å²) in [6, 6.07) is 5.67. The number of aryl methyl sites for hydroxylation is 3. The van der Waals surface area contributed by atoms with Gasteiger partial charge in [-0.1, -0.05) is 22.0 Å². The first-order valence-corrected chi connectivity index (χ1v) is 6.77. The summed E-state index contributed by atoms with van der Waals surface area (Å²) < 4.78 is 2.65. The molecule has 0 saturated carbocycles. The van der Waals surface area contributed by atoms with Gasteiger partial charge in [-0.3, -0.25) is 9.48 Å². The van der Waals surface area contributed by atoms with Crippen LogP contribution in [0.3, 0.4) is 0 Å². The summed E-state index contributed by atoms with van der Waals surface area (Å²) in [5.41, 5.74) is 4.16. The average molecular weight is 322 g/mol. The van der Waals surface area contributed by atoms with E-state index in [0.717, 1.165) is 27.1 Å². The van der Waals surface area contributed by atoms with Crippen molar-refractivity contribution in [2.24, 2.45) is 7.05 Å². The zero-order valence-electron chi connectivity index (χ0n) is 11.4. The fraction of sp³-hybridized carbons (Fsp3) is 0.286. The number of hydrogen-bond donors (Lipinski definition) is 1. The van der Waals surface area contributed by atoms with Crippen LogP contribution >= 0.6 is 15.9 Å². The van der Waals surface area contributed by atoms with E-state index in [2.05, 4.69) is 26.3 Å². The van der Waals surface area contributed by atoms with Gasteiger partial charge in [-0.15, -0.1) is 0 Å². The molecule has 0 aliphatic carbocycles. The molecule has 2 rings (SSSR count). The van der Waals surface area contributed by atoms with Crippen LogP contribution in [0.25, 0.3) is 0 Å². The smallest absolute Gasteiger partial charge is 0.256 e. The number of nitrogens with zero attached hydrogens (tertiary/aromatic N) is 2. The lowest BCUT2D eigenvalue weighted by Crippen LogP contribution is -2.14. The first kappa shape index (κ1) is 13.8. The molecule has 19 heavy (non-hydrogen) atoms. The lowest BCUT2D eigenvalue weighted by atomic mass is 10.1. The molecule has 1 aromatic heterocycles. The van der Waals surface area contributed by atoms with Crippen LogP contribution in [-0.4, -0.2) is 15.7 Å². The predicted octanol–water partition coefficient (Wildman–Crippen LogP) is 3.36. The maximum Gasteiger partial charge on any atom is 0.256 e. The summed E-state index contributed by atoms with van der Waals surface area (Å²) in [5, 5.41) is 7.23. The third-order valence-electron chi connectivity index (χ3n) is 3.19. The van der Waals surface area contributed by atoms with E-state index in [0.29, 0.717) is 5.56 Å². The topological polar surface area (TPSA) is 46.9 Å². The lowest BCUT2D eigenvalue weighted by molar-refractivity contribution is 0.102. The zero-order valence-corrected chi connectivity index (χ0v) is 13.0. The standard InChI is InChI=1S/C14H16BrN3O/c1-8-5-6-11(15)7-12(8)14(19)16-13-9(2)17-18(4)10(13)3/h5-7H,1-4H3,(H,16,19). The third kappa shape index (κ3) is 2.71. The minimum absolute atomic E-state index is 0.113. The molecule has 0 unspecified atom stereocenters. The first-order valence-electron chi connectivity index (χ1n) is 5.98. The summed E-state index contributed by atoms with van der Waals surface area (Å²) in [5.74, 6) is -0.113. The summed E-state index contributed by atoms with van der Waals surface area (Å²) >= 11 is 3.39. The number of benzene rings is 1. The van der Waals surface area contributed by atoms with Crippen LogP contribution < -0.4 is 5.32 Å². The number of rotatable bonds is 2. The first-order chi connectivity index (χ1) is 8.90. The Hall–Kier alpha value is -1.62. The van der Waals surface area contributed by atoms with Gasteiger partial charge in [-0.05, 0) is 38.5 Å². The van der Waals surface area contributed by atoms with Gasteiger partial charge in [0.25, 0.3) is 5.91 Å². The molecule has 0 spiro atoms. The maximum absolute atomic E-state index is 12.3.